The molecule has 2 nitrogen and oxygen atoms in total. The molecule has 0 aromatic carbocycles. The Morgan fingerprint density at radius 1 is 1.43 bits per heavy atom. The normalized spacial score (nSPS) is 9.14. The van der Waals surface area contributed by atoms with Crippen molar-refractivity contribution in [1.82, 2.24) is 4.90 Å². The predicted octanol–water partition coefficient (Wildman–Crippen LogP) is 2.33. The first-order valence-electron chi connectivity index (χ1n) is 5.07. The minimum absolute atomic E-state index is 0.0601. The third kappa shape index (κ3) is 5.63. The Morgan fingerprint density at radius 3 is 2.36 bits per heavy atom. The third-order valence-electron chi connectivity index (χ3n) is 1.97. The Labute approximate surface area is 87.2 Å². The van der Waals surface area contributed by atoms with E-state index in [-0.39, 0.29) is 6.61 Å². The Balaban J connectivity index is 4.46. The molecule has 0 amide bonds. The van der Waals surface area contributed by atoms with Crippen molar-refractivity contribution in [1.29, 1.82) is 0 Å². The van der Waals surface area contributed by atoms with Gasteiger partial charge in [-0.05, 0) is 27.2 Å². The van der Waals surface area contributed by atoms with Crippen molar-refractivity contribution in [3.63, 3.8) is 0 Å². The van der Waals surface area contributed by atoms with Crippen LogP contribution in [0.25, 0.3) is 0 Å². The van der Waals surface area contributed by atoms with Gasteiger partial charge in [-0.25, -0.2) is 0 Å². The van der Waals surface area contributed by atoms with Crippen LogP contribution in [0, 0.1) is 0 Å². The van der Waals surface area contributed by atoms with Crippen molar-refractivity contribution < 1.29 is 5.11 Å². The molecule has 0 rings (SSSR count). The van der Waals surface area contributed by atoms with E-state index in [1.165, 1.54) is 0 Å². The molecular formula is C12H21NO. The molecule has 1 N–H and O–H groups in total. The van der Waals surface area contributed by atoms with Crippen LogP contribution >= 0.6 is 0 Å². The van der Waals surface area contributed by atoms with E-state index in [0.29, 0.717) is 0 Å². The summed E-state index contributed by atoms with van der Waals surface area (Å²) in [6, 6.07) is 0. The van der Waals surface area contributed by atoms with Crippen LogP contribution < -0.4 is 0 Å². The third-order valence-corrected chi connectivity index (χ3v) is 1.97. The Morgan fingerprint density at radius 2 is 2.00 bits per heavy atom. The molecule has 0 aliphatic carbocycles. The molecule has 2 heteroatoms. The van der Waals surface area contributed by atoms with Crippen molar-refractivity contribution in [2.24, 2.45) is 0 Å². The van der Waals surface area contributed by atoms with Crippen LogP contribution in [0.1, 0.15) is 27.2 Å². The number of hydrogen-bond donors (Lipinski definition) is 1. The summed E-state index contributed by atoms with van der Waals surface area (Å²) in [6.07, 6.45) is 2.64. The first kappa shape index (κ1) is 13.0. The van der Waals surface area contributed by atoms with Gasteiger partial charge in [0, 0.05) is 24.9 Å². The van der Waals surface area contributed by atoms with E-state index >= 15 is 0 Å². The van der Waals surface area contributed by atoms with Crippen molar-refractivity contribution in [2.45, 2.75) is 27.2 Å². The second-order valence-corrected chi connectivity index (χ2v) is 3.39. The Bertz CT molecular complexity index is 233. The SMILES string of the molecule is C=C(C)CC(=C=CN(CC)CC)CO. The first-order chi connectivity index (χ1) is 6.63. The average Bonchev–Trinajstić information content (AvgIpc) is 2.17. The summed E-state index contributed by atoms with van der Waals surface area (Å²) in [6.45, 7) is 12.0. The number of rotatable bonds is 6. The monoisotopic (exact) mass is 195 g/mol. The largest absolute Gasteiger partial charge is 0.391 e. The lowest BCUT2D eigenvalue weighted by atomic mass is 10.1. The standard InChI is InChI=1S/C12H21NO/c1-5-13(6-2)8-7-12(10-14)9-11(3)4/h8,14H,3,5-6,9-10H2,1-2,4H3. The van der Waals surface area contributed by atoms with Gasteiger partial charge in [0.1, 0.15) is 0 Å². The molecule has 0 saturated carbocycles. The van der Waals surface area contributed by atoms with Gasteiger partial charge >= 0.3 is 0 Å². The summed E-state index contributed by atoms with van der Waals surface area (Å²) in [7, 11) is 0. The smallest absolute Gasteiger partial charge is 0.0719 e. The highest BCUT2D eigenvalue weighted by atomic mass is 16.3. The lowest BCUT2D eigenvalue weighted by Crippen LogP contribution is -2.14. The van der Waals surface area contributed by atoms with Gasteiger partial charge in [0.2, 0.25) is 0 Å². The van der Waals surface area contributed by atoms with Crippen LogP contribution in [-0.4, -0.2) is 29.7 Å². The zero-order chi connectivity index (χ0) is 11.0. The zero-order valence-corrected chi connectivity index (χ0v) is 9.51. The maximum Gasteiger partial charge on any atom is 0.0719 e. The zero-order valence-electron chi connectivity index (χ0n) is 9.51. The summed E-state index contributed by atoms with van der Waals surface area (Å²) in [5, 5.41) is 9.05. The van der Waals surface area contributed by atoms with Crippen LogP contribution in [0.3, 0.4) is 0 Å². The van der Waals surface area contributed by atoms with Crippen molar-refractivity contribution >= 4 is 0 Å². The molecule has 0 aliphatic rings. The molecule has 80 valence electrons. The molecular weight excluding hydrogens is 174 g/mol. The van der Waals surface area contributed by atoms with Gasteiger partial charge < -0.3 is 10.0 Å². The van der Waals surface area contributed by atoms with Gasteiger partial charge in [-0.3, -0.25) is 0 Å². The molecule has 0 saturated heterocycles. The van der Waals surface area contributed by atoms with Gasteiger partial charge in [0.05, 0.1) is 6.61 Å². The Hall–Kier alpha value is -0.980. The summed E-state index contributed by atoms with van der Waals surface area (Å²) in [5.41, 5.74) is 5.05. The van der Waals surface area contributed by atoms with Gasteiger partial charge in [-0.1, -0.05) is 12.2 Å². The first-order valence-corrected chi connectivity index (χ1v) is 5.07. The van der Waals surface area contributed by atoms with Crippen LogP contribution in [0.15, 0.2) is 29.7 Å². The van der Waals surface area contributed by atoms with Gasteiger partial charge in [0.15, 0.2) is 0 Å². The molecule has 0 spiro atoms. The van der Waals surface area contributed by atoms with E-state index in [1.807, 2.05) is 13.1 Å². The molecule has 0 aromatic heterocycles. The highest BCUT2D eigenvalue weighted by molar-refractivity contribution is 5.11. The van der Waals surface area contributed by atoms with E-state index < -0.39 is 0 Å². The number of aliphatic hydroxyl groups is 1. The minimum Gasteiger partial charge on any atom is -0.391 e. The second kappa shape index (κ2) is 7.43. The molecule has 14 heavy (non-hydrogen) atoms. The lowest BCUT2D eigenvalue weighted by Gasteiger charge is -2.13. The quantitative estimate of drug-likeness (QED) is 0.519. The molecule has 0 heterocycles. The van der Waals surface area contributed by atoms with Crippen molar-refractivity contribution in [3.05, 3.63) is 29.7 Å². The van der Waals surface area contributed by atoms with Crippen LogP contribution in [0.4, 0.5) is 0 Å². The number of nitrogens with zero attached hydrogens (tertiary/aromatic N) is 1. The fourth-order valence-electron chi connectivity index (χ4n) is 1.11. The molecule has 0 aromatic rings. The number of allylic oxidation sites excluding steroid dienone is 1. The maximum absolute atomic E-state index is 9.05. The molecule has 0 radical (unpaired) electrons. The fraction of sp³-hybridized carbons (Fsp3) is 0.583. The van der Waals surface area contributed by atoms with Crippen LogP contribution in [0.5, 0.6) is 0 Å². The molecule has 0 bridgehead atoms. The minimum atomic E-state index is 0.0601. The Kier molecular flexibility index (Phi) is 6.91. The van der Waals surface area contributed by atoms with E-state index in [1.54, 1.807) is 0 Å². The molecule has 0 fully saturated rings. The van der Waals surface area contributed by atoms with Crippen molar-refractivity contribution in [3.8, 4) is 0 Å². The van der Waals surface area contributed by atoms with Gasteiger partial charge in [0.25, 0.3) is 0 Å². The summed E-state index contributed by atoms with van der Waals surface area (Å²) in [5.74, 6) is 0. The molecule has 0 aliphatic heterocycles. The molecule has 0 unspecified atom stereocenters. The fourth-order valence-corrected chi connectivity index (χ4v) is 1.11. The van der Waals surface area contributed by atoms with Crippen LogP contribution in [-0.2, 0) is 0 Å². The topological polar surface area (TPSA) is 23.5 Å². The summed E-state index contributed by atoms with van der Waals surface area (Å²) >= 11 is 0. The average molecular weight is 195 g/mol. The van der Waals surface area contributed by atoms with E-state index in [9.17, 15) is 0 Å². The number of hydrogen-bond acceptors (Lipinski definition) is 2. The van der Waals surface area contributed by atoms with E-state index in [4.69, 9.17) is 5.11 Å². The predicted molar refractivity (Wildman–Crippen MR) is 61.0 cm³/mol. The van der Waals surface area contributed by atoms with E-state index in [2.05, 4.69) is 31.1 Å². The maximum atomic E-state index is 9.05. The highest BCUT2D eigenvalue weighted by Crippen LogP contribution is 2.06. The molecule has 0 atom stereocenters. The van der Waals surface area contributed by atoms with Crippen molar-refractivity contribution in [2.75, 3.05) is 19.7 Å². The summed E-state index contributed by atoms with van der Waals surface area (Å²) in [4.78, 5) is 2.13. The summed E-state index contributed by atoms with van der Waals surface area (Å²) < 4.78 is 0. The van der Waals surface area contributed by atoms with Crippen LogP contribution in [0.2, 0.25) is 0 Å². The van der Waals surface area contributed by atoms with Gasteiger partial charge in [-0.2, -0.15) is 0 Å². The number of aliphatic hydroxyl groups excluding tert-OH is 1. The second-order valence-electron chi connectivity index (χ2n) is 3.39. The van der Waals surface area contributed by atoms with Gasteiger partial charge in [-0.15, -0.1) is 5.73 Å². The van der Waals surface area contributed by atoms with E-state index in [0.717, 1.165) is 30.7 Å². The lowest BCUT2D eigenvalue weighted by molar-refractivity contribution is 0.328. The highest BCUT2D eigenvalue weighted by Gasteiger charge is 1.94.